The van der Waals surface area contributed by atoms with Crippen LogP contribution in [0.15, 0.2) is 36.8 Å². The monoisotopic (exact) mass is 450 g/mol. The number of carbonyl (C=O) groups excluding carboxylic acids is 1. The number of fused-ring (bicyclic) bond motifs is 1. The molecule has 3 aromatic heterocycles. The molecule has 33 heavy (non-hydrogen) atoms. The smallest absolute Gasteiger partial charge is 0.220 e. The maximum absolute atomic E-state index is 15.0. The number of rotatable bonds is 7. The molecule has 0 radical (unpaired) electrons. The largest absolute Gasteiger partial charge is 0.394 e. The predicted octanol–water partition coefficient (Wildman–Crippen LogP) is 1.65. The molecule has 1 saturated carbocycles. The minimum atomic E-state index is -0.433. The van der Waals surface area contributed by atoms with Gasteiger partial charge in [0.15, 0.2) is 11.2 Å². The van der Waals surface area contributed by atoms with E-state index in [0.29, 0.717) is 52.7 Å². The molecule has 0 spiro atoms. The van der Waals surface area contributed by atoms with E-state index in [2.05, 4.69) is 25.4 Å². The Hall–Kier alpha value is -3.73. The van der Waals surface area contributed by atoms with Gasteiger partial charge in [0, 0.05) is 35.7 Å². The topological polar surface area (TPSA) is 138 Å². The van der Waals surface area contributed by atoms with Gasteiger partial charge in [-0.1, -0.05) is 5.21 Å². The van der Waals surface area contributed by atoms with Crippen molar-refractivity contribution in [1.29, 1.82) is 0 Å². The van der Waals surface area contributed by atoms with E-state index in [0.717, 1.165) is 19.3 Å². The highest BCUT2D eigenvalue weighted by molar-refractivity contribution is 5.77. The molecule has 0 unspecified atom stereocenters. The van der Waals surface area contributed by atoms with Crippen molar-refractivity contribution in [3.63, 3.8) is 0 Å². The van der Waals surface area contributed by atoms with Crippen LogP contribution >= 0.6 is 0 Å². The van der Waals surface area contributed by atoms with Gasteiger partial charge in [0.1, 0.15) is 11.6 Å². The molecule has 5 rings (SSSR count). The van der Waals surface area contributed by atoms with Crippen LogP contribution in [0.5, 0.6) is 0 Å². The number of hydrogen-bond donors (Lipinski definition) is 2. The summed E-state index contributed by atoms with van der Waals surface area (Å²) in [6.45, 7) is 0.301. The number of nitrogens with zero attached hydrogens (tertiary/aromatic N) is 7. The highest BCUT2D eigenvalue weighted by atomic mass is 19.1. The second-order valence-electron chi connectivity index (χ2n) is 8.36. The van der Waals surface area contributed by atoms with Crippen molar-refractivity contribution in [2.24, 2.45) is 17.6 Å². The lowest BCUT2D eigenvalue weighted by Crippen LogP contribution is -2.21. The molecule has 1 aliphatic carbocycles. The van der Waals surface area contributed by atoms with E-state index in [1.54, 1.807) is 35.4 Å². The van der Waals surface area contributed by atoms with Gasteiger partial charge in [-0.15, -0.1) is 5.10 Å². The van der Waals surface area contributed by atoms with Crippen molar-refractivity contribution in [2.45, 2.75) is 32.2 Å². The van der Waals surface area contributed by atoms with E-state index in [4.69, 9.17) is 10.8 Å². The van der Waals surface area contributed by atoms with Gasteiger partial charge in [-0.2, -0.15) is 9.78 Å². The zero-order valence-corrected chi connectivity index (χ0v) is 17.8. The van der Waals surface area contributed by atoms with E-state index >= 15 is 0 Å². The van der Waals surface area contributed by atoms with Crippen LogP contribution in [0.4, 0.5) is 4.39 Å². The molecular formula is C22H23FN8O2. The molecule has 10 nitrogen and oxygen atoms in total. The number of primary amides is 1. The van der Waals surface area contributed by atoms with Crippen LogP contribution < -0.4 is 5.73 Å². The second kappa shape index (κ2) is 8.66. The number of amides is 1. The predicted molar refractivity (Wildman–Crippen MR) is 116 cm³/mol. The first-order chi connectivity index (χ1) is 16.0. The summed E-state index contributed by atoms with van der Waals surface area (Å²) < 4.78 is 18.0. The molecule has 1 amide bonds. The van der Waals surface area contributed by atoms with Crippen molar-refractivity contribution in [2.75, 3.05) is 6.61 Å². The van der Waals surface area contributed by atoms with Crippen LogP contribution in [-0.4, -0.2) is 52.4 Å². The Morgan fingerprint density at radius 2 is 2.15 bits per heavy atom. The lowest BCUT2D eigenvalue weighted by atomic mass is 10.0. The van der Waals surface area contributed by atoms with Gasteiger partial charge in [0.05, 0.1) is 31.2 Å². The van der Waals surface area contributed by atoms with Crippen molar-refractivity contribution in [3.05, 3.63) is 48.4 Å². The van der Waals surface area contributed by atoms with Crippen molar-refractivity contribution in [3.8, 4) is 16.8 Å². The molecule has 0 aliphatic heterocycles. The number of aliphatic hydroxyl groups excluding tert-OH is 1. The van der Waals surface area contributed by atoms with Gasteiger partial charge in [0.2, 0.25) is 5.91 Å². The molecule has 0 saturated heterocycles. The number of halogens is 1. The number of hydrogen-bond acceptors (Lipinski definition) is 7. The van der Waals surface area contributed by atoms with Gasteiger partial charge in [-0.25, -0.2) is 14.4 Å². The first kappa shape index (κ1) is 21.1. The molecule has 0 bridgehead atoms. The minimum Gasteiger partial charge on any atom is -0.394 e. The standard InChI is InChI=1S/C22H23FN8O2/c23-18-9-16(3-4-17(18)15-10-26-30(12-15)5-6-32)31-22-19(28-29-31)11-25-20(27-22)8-13-1-2-14(7-13)21(24)33/h3-4,9-14,32H,1-2,5-8H2,(H2,24,33)/t13-,14-/m1/s1. The summed E-state index contributed by atoms with van der Waals surface area (Å²) in [7, 11) is 0. The molecule has 170 valence electrons. The average Bonchev–Trinajstić information content (AvgIpc) is 3.54. The lowest BCUT2D eigenvalue weighted by Gasteiger charge is -2.09. The Labute approximate surface area is 188 Å². The molecule has 11 heteroatoms. The second-order valence-corrected chi connectivity index (χ2v) is 8.36. The number of carbonyl (C=O) groups is 1. The molecule has 1 fully saturated rings. The first-order valence-electron chi connectivity index (χ1n) is 10.8. The summed E-state index contributed by atoms with van der Waals surface area (Å²) in [5.41, 5.74) is 7.94. The Bertz CT molecular complexity index is 1320. The number of nitrogens with two attached hydrogens (primary N) is 1. The van der Waals surface area contributed by atoms with Crippen LogP contribution in [0, 0.1) is 17.7 Å². The van der Waals surface area contributed by atoms with Gasteiger partial charge in [-0.05, 0) is 37.3 Å². The zero-order valence-electron chi connectivity index (χ0n) is 17.8. The minimum absolute atomic E-state index is 0.0434. The van der Waals surface area contributed by atoms with E-state index in [1.165, 1.54) is 10.7 Å². The molecule has 3 heterocycles. The van der Waals surface area contributed by atoms with Crippen LogP contribution in [0.2, 0.25) is 0 Å². The molecule has 3 N–H and O–H groups in total. The SMILES string of the molecule is NC(=O)[C@@H]1CC[C@@H](Cc2ncc3nnn(-c4ccc(-c5cnn(CCO)c5)c(F)c4)c3n2)C1. The summed E-state index contributed by atoms with van der Waals surface area (Å²) >= 11 is 0. The van der Waals surface area contributed by atoms with Gasteiger partial charge in [-0.3, -0.25) is 9.48 Å². The molecule has 4 aromatic rings. The van der Waals surface area contributed by atoms with E-state index in [9.17, 15) is 9.18 Å². The fourth-order valence-corrected chi connectivity index (χ4v) is 4.41. The molecule has 1 aromatic carbocycles. The van der Waals surface area contributed by atoms with Crippen LogP contribution in [0.1, 0.15) is 25.1 Å². The third-order valence-electron chi connectivity index (χ3n) is 6.13. The van der Waals surface area contributed by atoms with Gasteiger partial charge < -0.3 is 10.8 Å². The fraction of sp³-hybridized carbons (Fsp3) is 0.364. The maximum atomic E-state index is 15.0. The summed E-state index contributed by atoms with van der Waals surface area (Å²) in [5, 5.41) is 21.4. The molecular weight excluding hydrogens is 427 g/mol. The summed E-state index contributed by atoms with van der Waals surface area (Å²) in [6, 6.07) is 4.78. The fourth-order valence-electron chi connectivity index (χ4n) is 4.41. The average molecular weight is 450 g/mol. The van der Waals surface area contributed by atoms with Crippen molar-refractivity contribution < 1.29 is 14.3 Å². The Morgan fingerprint density at radius 3 is 2.91 bits per heavy atom. The molecule has 2 atom stereocenters. The third kappa shape index (κ3) is 4.19. The van der Waals surface area contributed by atoms with Crippen LogP contribution in [0.3, 0.4) is 0 Å². The Balaban J connectivity index is 1.40. The lowest BCUT2D eigenvalue weighted by molar-refractivity contribution is -0.121. The summed E-state index contributed by atoms with van der Waals surface area (Å²) in [6.07, 6.45) is 7.95. The third-order valence-corrected chi connectivity index (χ3v) is 6.13. The first-order valence-corrected chi connectivity index (χ1v) is 10.8. The zero-order chi connectivity index (χ0) is 22.9. The maximum Gasteiger partial charge on any atom is 0.220 e. The number of aromatic nitrogens is 7. The Morgan fingerprint density at radius 1 is 1.27 bits per heavy atom. The summed E-state index contributed by atoms with van der Waals surface area (Å²) in [4.78, 5) is 20.5. The van der Waals surface area contributed by atoms with Crippen molar-refractivity contribution in [1.82, 2.24) is 34.7 Å². The quantitative estimate of drug-likeness (QED) is 0.437. The number of benzene rings is 1. The number of aliphatic hydroxyl groups is 1. The Kier molecular flexibility index (Phi) is 5.55. The highest BCUT2D eigenvalue weighted by Gasteiger charge is 2.29. The normalized spacial score (nSPS) is 18.2. The van der Waals surface area contributed by atoms with Gasteiger partial charge in [0.25, 0.3) is 0 Å². The molecule has 1 aliphatic rings. The van der Waals surface area contributed by atoms with E-state index in [-0.39, 0.29) is 18.4 Å². The highest BCUT2D eigenvalue weighted by Crippen LogP contribution is 2.32. The van der Waals surface area contributed by atoms with Crippen LogP contribution in [0.25, 0.3) is 28.0 Å². The van der Waals surface area contributed by atoms with E-state index in [1.807, 2.05) is 0 Å². The van der Waals surface area contributed by atoms with Crippen molar-refractivity contribution >= 4 is 17.1 Å². The van der Waals surface area contributed by atoms with Gasteiger partial charge >= 0.3 is 0 Å². The van der Waals surface area contributed by atoms with Crippen LogP contribution in [-0.2, 0) is 17.8 Å². The summed E-state index contributed by atoms with van der Waals surface area (Å²) in [5.74, 6) is 0.172. The van der Waals surface area contributed by atoms with E-state index < -0.39 is 5.82 Å².